The van der Waals surface area contributed by atoms with Gasteiger partial charge in [0.1, 0.15) is 27.8 Å². The average Bonchev–Trinajstić information content (AvgIpc) is 4.34. The molecule has 0 aliphatic rings. The van der Waals surface area contributed by atoms with Gasteiger partial charge in [0.25, 0.3) is 0 Å². The van der Waals surface area contributed by atoms with Crippen LogP contribution in [0.2, 0.25) is 0 Å². The first-order valence-corrected chi connectivity index (χ1v) is 24.7. The van der Waals surface area contributed by atoms with Crippen molar-refractivity contribution in [1.29, 1.82) is 0 Å². The maximum Gasteiger partial charge on any atom is 0.196 e. The molecule has 0 atom stereocenters. The minimum atomic E-state index is -2.09. The maximum absolute atomic E-state index is 9.10. The van der Waals surface area contributed by atoms with Crippen molar-refractivity contribution in [2.75, 3.05) is 0 Å². The van der Waals surface area contributed by atoms with E-state index in [2.05, 4.69) is 125 Å². The molecule has 1 radical (unpaired) electrons. The Morgan fingerprint density at radius 3 is 2.03 bits per heavy atom. The number of benzene rings is 7. The topological polar surface area (TPSA) is 83.0 Å². The van der Waals surface area contributed by atoms with Gasteiger partial charge in [-0.25, -0.2) is 4.98 Å². The SMILES string of the molecule is [2H]C([2H])([2H])c1c[c-]c(-c2cc(C(C)(C)C)ccn2)cc1.[2H]C([2H])(c1nc2ccc3nc(-c4[c-]ccc5c4oc4cc6c(cc45)oc4ccccc46)n(-c4c(C(C)C)cc(-c5ccccc5)cc4C(C)C)c3c2o1)C(C)(C)C.[Ir]. The number of fused-ring (bicyclic) bond motifs is 9. The molecule has 0 N–H and O–H groups in total. The fourth-order valence-corrected chi connectivity index (χ4v) is 9.67. The number of hydrogen-bond donors (Lipinski definition) is 0. The third-order valence-electron chi connectivity index (χ3n) is 13.3. The van der Waals surface area contributed by atoms with Gasteiger partial charge in [0.2, 0.25) is 0 Å². The fraction of sp³-hybridized carbons (Fsp3) is 0.246. The molecule has 7 nitrogen and oxygen atoms in total. The number of aromatic nitrogens is 4. The zero-order valence-corrected chi connectivity index (χ0v) is 45.2. The molecule has 0 aliphatic heterocycles. The summed E-state index contributed by atoms with van der Waals surface area (Å²) in [5, 5.41) is 3.91. The van der Waals surface area contributed by atoms with Crippen LogP contribution in [0.25, 0.3) is 105 Å². The Hall–Kier alpha value is -7.12. The van der Waals surface area contributed by atoms with Gasteiger partial charge in [0.05, 0.1) is 16.9 Å². The Bertz CT molecular complexity index is 4180. The van der Waals surface area contributed by atoms with E-state index in [0.29, 0.717) is 44.7 Å². The predicted octanol–water partition coefficient (Wildman–Crippen LogP) is 18.1. The van der Waals surface area contributed by atoms with Crippen LogP contribution in [0.15, 0.2) is 153 Å². The summed E-state index contributed by atoms with van der Waals surface area (Å²) in [6.45, 7) is 18.8. The molecule has 5 heterocycles. The van der Waals surface area contributed by atoms with Crippen LogP contribution in [-0.2, 0) is 31.9 Å². The number of furan rings is 2. The van der Waals surface area contributed by atoms with Crippen molar-refractivity contribution in [1.82, 2.24) is 19.5 Å². The van der Waals surface area contributed by atoms with Gasteiger partial charge in [-0.3, -0.25) is 4.98 Å². The van der Waals surface area contributed by atoms with E-state index in [0.717, 1.165) is 77.5 Å². The smallest absolute Gasteiger partial charge is 0.196 e. The van der Waals surface area contributed by atoms with E-state index in [1.54, 1.807) is 18.3 Å². The number of nitrogens with zero attached hydrogens (tertiary/aromatic N) is 4. The van der Waals surface area contributed by atoms with Crippen molar-refractivity contribution in [3.05, 3.63) is 180 Å². The normalized spacial score (nSPS) is 13.6. The molecule has 0 bridgehead atoms. The second-order valence-corrected chi connectivity index (χ2v) is 21.4. The Morgan fingerprint density at radius 1 is 0.644 bits per heavy atom. The molecule has 8 heteroatoms. The summed E-state index contributed by atoms with van der Waals surface area (Å²) in [5.41, 5.74) is 14.2. The van der Waals surface area contributed by atoms with Crippen LogP contribution >= 0.6 is 0 Å². The Labute approximate surface area is 448 Å². The zero-order chi connectivity index (χ0) is 54.5. The van der Waals surface area contributed by atoms with Gasteiger partial charge in [0, 0.05) is 61.4 Å². The second-order valence-electron chi connectivity index (χ2n) is 21.4. The molecule has 7 aromatic carbocycles. The Kier molecular flexibility index (Phi) is 11.3. The summed E-state index contributed by atoms with van der Waals surface area (Å²) >= 11 is 0. The molecule has 0 amide bonds. The first-order valence-electron chi connectivity index (χ1n) is 27.2. The number of rotatable bonds is 7. The summed E-state index contributed by atoms with van der Waals surface area (Å²) in [7, 11) is 0. The molecular weight excluding hydrogens is 1080 g/mol. The van der Waals surface area contributed by atoms with E-state index in [1.807, 2.05) is 81.4 Å². The van der Waals surface area contributed by atoms with Crippen molar-refractivity contribution in [3.63, 3.8) is 0 Å². The number of hydrogen-bond acceptors (Lipinski definition) is 6. The van der Waals surface area contributed by atoms with Crippen molar-refractivity contribution in [2.45, 2.75) is 99.7 Å². The third-order valence-corrected chi connectivity index (χ3v) is 13.3. The van der Waals surface area contributed by atoms with Crippen LogP contribution in [0.1, 0.15) is 116 Å². The van der Waals surface area contributed by atoms with Crippen molar-refractivity contribution < 1.29 is 40.2 Å². The maximum atomic E-state index is 9.10. The predicted molar refractivity (Wildman–Crippen MR) is 296 cm³/mol. The van der Waals surface area contributed by atoms with Gasteiger partial charge in [-0.05, 0) is 105 Å². The van der Waals surface area contributed by atoms with Crippen LogP contribution in [0, 0.1) is 24.4 Å². The molecule has 0 saturated carbocycles. The van der Waals surface area contributed by atoms with Crippen molar-refractivity contribution in [2.24, 2.45) is 5.41 Å². The van der Waals surface area contributed by atoms with Crippen LogP contribution in [-0.4, -0.2) is 19.5 Å². The van der Waals surface area contributed by atoms with Crippen molar-refractivity contribution in [3.8, 4) is 39.5 Å². The molecule has 12 aromatic rings. The molecule has 0 spiro atoms. The van der Waals surface area contributed by atoms with Crippen molar-refractivity contribution >= 4 is 66.0 Å². The van der Waals surface area contributed by atoms with E-state index in [9.17, 15) is 0 Å². The van der Waals surface area contributed by atoms with E-state index >= 15 is 0 Å². The standard InChI is InChI=1S/C49H42N3O3.C16H18N.Ir/c1-27(2)34-22-30(29-14-9-8-10-15-29)23-35(28(3)4)44(34)52-45-38(20-21-39-47(45)55-43(50-39)26-49(5,6)7)51-48(52)33-18-13-17-32-37-25-41-36(24-42(37)54-46(32)33)31-16-11-12-19-40(31)53-41;1-12-5-7-13(8-6-12)15-11-14(9-10-17-15)16(2,3)4;/h8-17,19-25,27-28H,26H2,1-7H3;5-7,9-11H,1-4H3;/q2*-1;/i26D2;1D3;. The number of aryl methyl sites for hydroxylation is 1. The van der Waals surface area contributed by atoms with Gasteiger partial charge >= 0.3 is 0 Å². The molecule has 0 saturated heterocycles. The molecule has 0 unspecified atom stereocenters. The van der Waals surface area contributed by atoms with E-state index in [-0.39, 0.29) is 43.2 Å². The van der Waals surface area contributed by atoms with E-state index in [4.69, 9.17) is 30.1 Å². The summed E-state index contributed by atoms with van der Waals surface area (Å²) < 4.78 is 62.2. The van der Waals surface area contributed by atoms with Gasteiger partial charge in [0.15, 0.2) is 11.5 Å². The second kappa shape index (κ2) is 19.1. The summed E-state index contributed by atoms with van der Waals surface area (Å²) in [6, 6.07) is 50.6. The summed E-state index contributed by atoms with van der Waals surface area (Å²) in [5.74, 6) is 0.941. The van der Waals surface area contributed by atoms with Crippen LogP contribution < -0.4 is 0 Å². The number of oxazole rings is 1. The molecule has 12 rings (SSSR count). The van der Waals surface area contributed by atoms with Gasteiger partial charge < -0.3 is 22.8 Å². The fourth-order valence-electron chi connectivity index (χ4n) is 9.67. The summed E-state index contributed by atoms with van der Waals surface area (Å²) in [6.07, 6.45) is -0.0604. The van der Waals surface area contributed by atoms with Gasteiger partial charge in [-0.15, -0.1) is 53.6 Å². The minimum Gasteiger partial charge on any atom is -0.501 e. The summed E-state index contributed by atoms with van der Waals surface area (Å²) in [4.78, 5) is 14.5. The minimum absolute atomic E-state index is 0. The van der Waals surface area contributed by atoms with Crippen LogP contribution in [0.3, 0.4) is 0 Å². The zero-order valence-electron chi connectivity index (χ0n) is 47.8. The Balaban J connectivity index is 0.000000277. The molecule has 73 heavy (non-hydrogen) atoms. The largest absolute Gasteiger partial charge is 0.501 e. The Morgan fingerprint density at radius 2 is 1.34 bits per heavy atom. The molecule has 0 fully saturated rings. The molecular formula is C65H60IrN4O3-2. The van der Waals surface area contributed by atoms with Gasteiger partial charge in [-0.2, -0.15) is 0 Å². The third kappa shape index (κ3) is 9.32. The van der Waals surface area contributed by atoms with E-state index in [1.165, 1.54) is 11.6 Å². The van der Waals surface area contributed by atoms with Crippen LogP contribution in [0.4, 0.5) is 0 Å². The molecule has 369 valence electrons. The number of para-hydroxylation sites is 1. The monoisotopic (exact) mass is 1140 g/mol. The van der Waals surface area contributed by atoms with Crippen LogP contribution in [0.5, 0.6) is 0 Å². The average molecular weight is 1140 g/mol. The number of pyridine rings is 1. The first kappa shape index (κ1) is 43.5. The van der Waals surface area contributed by atoms with Gasteiger partial charge in [-0.1, -0.05) is 142 Å². The molecule has 5 aromatic heterocycles. The molecule has 0 aliphatic carbocycles. The van der Waals surface area contributed by atoms with E-state index < -0.39 is 18.6 Å². The quantitative estimate of drug-likeness (QED) is 0.148. The number of imidazole rings is 1. The first-order chi connectivity index (χ1) is 36.5.